The Kier molecular flexibility index (Phi) is 1.81. The van der Waals surface area contributed by atoms with Crippen LogP contribution in [0.5, 0.6) is 0 Å². The molecule has 2 heterocycles. The molecule has 0 saturated heterocycles. The average Bonchev–Trinajstić information content (AvgIpc) is 2.49. The number of carbonyl (C=O) groups is 1. The second-order valence-corrected chi connectivity index (χ2v) is 3.37. The highest BCUT2D eigenvalue weighted by Gasteiger charge is 2.12. The lowest BCUT2D eigenvalue weighted by Crippen LogP contribution is -1.95. The standard InChI is InChI=1S/C8H5BrN2O2/c9-6-2-1-3-11-7(6)5(4-10-11)8(12)13/h1-4H,(H,12,13). The van der Waals surface area contributed by atoms with Gasteiger partial charge in [-0.25, -0.2) is 9.31 Å². The number of carboxylic acids is 1. The Labute approximate surface area is 81.9 Å². The van der Waals surface area contributed by atoms with Crippen molar-refractivity contribution in [3.63, 3.8) is 0 Å². The van der Waals surface area contributed by atoms with Crippen molar-refractivity contribution in [3.05, 3.63) is 34.6 Å². The van der Waals surface area contributed by atoms with Crippen molar-refractivity contribution in [1.82, 2.24) is 9.61 Å². The van der Waals surface area contributed by atoms with Gasteiger partial charge in [0.2, 0.25) is 0 Å². The Bertz CT molecular complexity index is 478. The van der Waals surface area contributed by atoms with E-state index in [0.717, 1.165) is 4.47 Å². The summed E-state index contributed by atoms with van der Waals surface area (Å²) in [5.74, 6) is -0.970. The minimum atomic E-state index is -0.970. The number of aromatic carboxylic acids is 1. The predicted molar refractivity (Wildman–Crippen MR) is 49.9 cm³/mol. The molecule has 1 N–H and O–H groups in total. The molecule has 66 valence electrons. The van der Waals surface area contributed by atoms with Gasteiger partial charge in [0.15, 0.2) is 0 Å². The van der Waals surface area contributed by atoms with Gasteiger partial charge in [0.1, 0.15) is 5.56 Å². The highest BCUT2D eigenvalue weighted by atomic mass is 79.9. The lowest BCUT2D eigenvalue weighted by atomic mass is 10.3. The Morgan fingerprint density at radius 2 is 2.38 bits per heavy atom. The van der Waals surface area contributed by atoms with E-state index >= 15 is 0 Å². The normalized spacial score (nSPS) is 10.5. The number of halogens is 1. The molecule has 13 heavy (non-hydrogen) atoms. The SMILES string of the molecule is O=C(O)c1cnn2cccc(Br)c12. The number of fused-ring (bicyclic) bond motifs is 1. The van der Waals surface area contributed by atoms with Gasteiger partial charge in [-0.1, -0.05) is 0 Å². The third kappa shape index (κ3) is 1.21. The summed E-state index contributed by atoms with van der Waals surface area (Å²) in [7, 11) is 0. The van der Waals surface area contributed by atoms with E-state index in [2.05, 4.69) is 21.0 Å². The summed E-state index contributed by atoms with van der Waals surface area (Å²) in [6.45, 7) is 0. The topological polar surface area (TPSA) is 54.6 Å². The lowest BCUT2D eigenvalue weighted by molar-refractivity contribution is 0.0699. The molecule has 2 aromatic heterocycles. The Hall–Kier alpha value is -1.36. The van der Waals surface area contributed by atoms with Crippen molar-refractivity contribution in [3.8, 4) is 0 Å². The van der Waals surface area contributed by atoms with Crippen molar-refractivity contribution in [2.24, 2.45) is 0 Å². The van der Waals surface area contributed by atoms with E-state index in [0.29, 0.717) is 5.52 Å². The molecule has 2 rings (SSSR count). The molecule has 0 radical (unpaired) electrons. The number of aromatic nitrogens is 2. The van der Waals surface area contributed by atoms with Gasteiger partial charge in [-0.05, 0) is 28.1 Å². The van der Waals surface area contributed by atoms with Crippen LogP contribution >= 0.6 is 15.9 Å². The first-order valence-electron chi connectivity index (χ1n) is 3.55. The Morgan fingerprint density at radius 1 is 1.62 bits per heavy atom. The fourth-order valence-electron chi connectivity index (χ4n) is 1.16. The molecular formula is C8H5BrN2O2. The van der Waals surface area contributed by atoms with Gasteiger partial charge >= 0.3 is 5.97 Å². The van der Waals surface area contributed by atoms with E-state index in [9.17, 15) is 4.79 Å². The number of hydrogen-bond acceptors (Lipinski definition) is 2. The van der Waals surface area contributed by atoms with Crippen molar-refractivity contribution < 1.29 is 9.90 Å². The van der Waals surface area contributed by atoms with Crippen molar-refractivity contribution >= 4 is 27.4 Å². The second kappa shape index (κ2) is 2.85. The van der Waals surface area contributed by atoms with Crippen LogP contribution in [0.3, 0.4) is 0 Å². The van der Waals surface area contributed by atoms with Gasteiger partial charge in [0, 0.05) is 10.7 Å². The van der Waals surface area contributed by atoms with E-state index in [4.69, 9.17) is 5.11 Å². The third-order valence-corrected chi connectivity index (χ3v) is 2.36. The van der Waals surface area contributed by atoms with Crippen LogP contribution in [0.15, 0.2) is 29.0 Å². The largest absolute Gasteiger partial charge is 0.478 e. The maximum Gasteiger partial charge on any atom is 0.339 e. The molecule has 4 nitrogen and oxygen atoms in total. The molecular weight excluding hydrogens is 236 g/mol. The zero-order valence-corrected chi connectivity index (χ0v) is 8.02. The summed E-state index contributed by atoms with van der Waals surface area (Å²) in [6.07, 6.45) is 3.04. The van der Waals surface area contributed by atoms with Crippen molar-refractivity contribution in [1.29, 1.82) is 0 Å². The minimum Gasteiger partial charge on any atom is -0.478 e. The molecule has 0 aromatic carbocycles. The van der Waals surface area contributed by atoms with E-state index in [1.165, 1.54) is 10.7 Å². The van der Waals surface area contributed by atoms with Gasteiger partial charge < -0.3 is 5.11 Å². The van der Waals surface area contributed by atoms with Gasteiger partial charge in [0.05, 0.1) is 11.7 Å². The molecule has 0 bridgehead atoms. The number of nitrogens with zero attached hydrogens (tertiary/aromatic N) is 2. The predicted octanol–water partition coefficient (Wildman–Crippen LogP) is 1.79. The molecule has 0 amide bonds. The maximum absolute atomic E-state index is 10.8. The molecule has 0 saturated carbocycles. The van der Waals surface area contributed by atoms with Crippen LogP contribution in [0.1, 0.15) is 10.4 Å². The van der Waals surface area contributed by atoms with Crippen LogP contribution in [0.2, 0.25) is 0 Å². The number of pyridine rings is 1. The zero-order chi connectivity index (χ0) is 9.42. The molecule has 5 heteroatoms. The quantitative estimate of drug-likeness (QED) is 0.828. The summed E-state index contributed by atoms with van der Waals surface area (Å²) in [4.78, 5) is 10.8. The molecule has 0 fully saturated rings. The van der Waals surface area contributed by atoms with Crippen LogP contribution in [0.25, 0.3) is 5.52 Å². The van der Waals surface area contributed by atoms with Crippen molar-refractivity contribution in [2.75, 3.05) is 0 Å². The fraction of sp³-hybridized carbons (Fsp3) is 0. The molecule has 0 unspecified atom stereocenters. The van der Waals surface area contributed by atoms with Crippen LogP contribution in [0, 0.1) is 0 Å². The zero-order valence-electron chi connectivity index (χ0n) is 6.44. The molecule has 0 aliphatic heterocycles. The number of carboxylic acid groups (broad SMARTS) is 1. The first-order chi connectivity index (χ1) is 6.20. The minimum absolute atomic E-state index is 0.201. The summed E-state index contributed by atoms with van der Waals surface area (Å²) >= 11 is 3.27. The van der Waals surface area contributed by atoms with Gasteiger partial charge in [-0.2, -0.15) is 5.10 Å². The molecule has 0 aliphatic rings. The average molecular weight is 241 g/mol. The molecule has 2 aromatic rings. The smallest absolute Gasteiger partial charge is 0.339 e. The Balaban J connectivity index is 2.86. The summed E-state index contributed by atoms with van der Waals surface area (Å²) in [5.41, 5.74) is 0.780. The fourth-order valence-corrected chi connectivity index (χ4v) is 1.71. The highest BCUT2D eigenvalue weighted by Crippen LogP contribution is 2.20. The van der Waals surface area contributed by atoms with Crippen LogP contribution in [0.4, 0.5) is 0 Å². The van der Waals surface area contributed by atoms with E-state index in [-0.39, 0.29) is 5.56 Å². The number of rotatable bonds is 1. The van der Waals surface area contributed by atoms with Crippen LogP contribution in [-0.2, 0) is 0 Å². The van der Waals surface area contributed by atoms with Gasteiger partial charge in [-0.15, -0.1) is 0 Å². The van der Waals surface area contributed by atoms with E-state index in [1.54, 1.807) is 18.3 Å². The molecule has 0 atom stereocenters. The Morgan fingerprint density at radius 3 is 3.08 bits per heavy atom. The van der Waals surface area contributed by atoms with Crippen molar-refractivity contribution in [2.45, 2.75) is 0 Å². The summed E-state index contributed by atoms with van der Waals surface area (Å²) in [5, 5.41) is 12.7. The molecule has 0 spiro atoms. The van der Waals surface area contributed by atoms with Crippen LogP contribution in [-0.4, -0.2) is 20.7 Å². The lowest BCUT2D eigenvalue weighted by Gasteiger charge is -1.96. The number of hydrogen-bond donors (Lipinski definition) is 1. The first kappa shape index (κ1) is 8.25. The maximum atomic E-state index is 10.8. The van der Waals surface area contributed by atoms with E-state index < -0.39 is 5.97 Å². The van der Waals surface area contributed by atoms with Gasteiger partial charge in [0.25, 0.3) is 0 Å². The summed E-state index contributed by atoms with van der Waals surface area (Å²) in [6, 6.07) is 3.57. The summed E-state index contributed by atoms with van der Waals surface area (Å²) < 4.78 is 2.25. The second-order valence-electron chi connectivity index (χ2n) is 2.51. The first-order valence-corrected chi connectivity index (χ1v) is 4.34. The van der Waals surface area contributed by atoms with Crippen LogP contribution < -0.4 is 0 Å². The highest BCUT2D eigenvalue weighted by molar-refractivity contribution is 9.10. The molecule has 0 aliphatic carbocycles. The van der Waals surface area contributed by atoms with E-state index in [1.807, 2.05) is 0 Å². The monoisotopic (exact) mass is 240 g/mol. The third-order valence-electron chi connectivity index (χ3n) is 1.72. The van der Waals surface area contributed by atoms with Gasteiger partial charge in [-0.3, -0.25) is 0 Å².